The first-order valence-corrected chi connectivity index (χ1v) is 6.45. The first kappa shape index (κ1) is 12.0. The fourth-order valence-electron chi connectivity index (χ4n) is 1.51. The fraction of sp³-hybridized carbons (Fsp3) is 0.167. The molecule has 0 N–H and O–H groups in total. The molecule has 0 spiro atoms. The molecule has 0 fully saturated rings. The second kappa shape index (κ2) is 5.26. The Hall–Kier alpha value is -0.440. The van der Waals surface area contributed by atoms with Gasteiger partial charge in [0.05, 0.1) is 6.26 Å². The summed E-state index contributed by atoms with van der Waals surface area (Å²) in [5, 5.41) is 1.18. The molecule has 0 saturated heterocycles. The van der Waals surface area contributed by atoms with Crippen LogP contribution in [-0.2, 0) is 6.42 Å². The third kappa shape index (κ3) is 2.82. The van der Waals surface area contributed by atoms with Crippen LogP contribution in [0, 0.1) is 0 Å². The summed E-state index contributed by atoms with van der Waals surface area (Å²) < 4.78 is 5.06. The van der Waals surface area contributed by atoms with Gasteiger partial charge in [0, 0.05) is 15.4 Å². The Morgan fingerprint density at radius 1 is 1.25 bits per heavy atom. The van der Waals surface area contributed by atoms with Crippen molar-refractivity contribution in [1.82, 2.24) is 0 Å². The SMILES string of the molecule is Clc1cccc(CC(Br)c2ccoc2Cl)c1. The van der Waals surface area contributed by atoms with Crippen LogP contribution in [-0.4, -0.2) is 0 Å². The molecule has 1 unspecified atom stereocenters. The van der Waals surface area contributed by atoms with Crippen molar-refractivity contribution in [2.45, 2.75) is 11.2 Å². The monoisotopic (exact) mass is 318 g/mol. The van der Waals surface area contributed by atoms with Crippen LogP contribution in [0.2, 0.25) is 10.2 Å². The topological polar surface area (TPSA) is 13.1 Å². The summed E-state index contributed by atoms with van der Waals surface area (Å²) >= 11 is 15.4. The highest BCUT2D eigenvalue weighted by atomic mass is 79.9. The summed E-state index contributed by atoms with van der Waals surface area (Å²) in [7, 11) is 0. The molecule has 84 valence electrons. The van der Waals surface area contributed by atoms with E-state index in [1.54, 1.807) is 6.26 Å². The van der Waals surface area contributed by atoms with Gasteiger partial charge in [-0.05, 0) is 41.8 Å². The van der Waals surface area contributed by atoms with Gasteiger partial charge in [-0.2, -0.15) is 0 Å². The predicted molar refractivity (Wildman–Crippen MR) is 70.5 cm³/mol. The second-order valence-corrected chi connectivity index (χ2v) is 5.34. The zero-order chi connectivity index (χ0) is 11.5. The summed E-state index contributed by atoms with van der Waals surface area (Å²) in [4.78, 5) is 0.136. The largest absolute Gasteiger partial charge is 0.453 e. The molecule has 0 radical (unpaired) electrons. The average Bonchev–Trinajstić information content (AvgIpc) is 2.64. The molecule has 2 rings (SSSR count). The summed E-state index contributed by atoms with van der Waals surface area (Å²) in [5.74, 6) is 0. The molecule has 1 heterocycles. The Morgan fingerprint density at radius 2 is 2.06 bits per heavy atom. The second-order valence-electron chi connectivity index (χ2n) is 3.45. The minimum absolute atomic E-state index is 0.136. The Kier molecular flexibility index (Phi) is 3.95. The van der Waals surface area contributed by atoms with E-state index in [-0.39, 0.29) is 4.83 Å². The number of benzene rings is 1. The molecule has 1 atom stereocenters. The minimum atomic E-state index is 0.136. The van der Waals surface area contributed by atoms with E-state index in [2.05, 4.69) is 15.9 Å². The third-order valence-electron chi connectivity index (χ3n) is 2.29. The lowest BCUT2D eigenvalue weighted by atomic mass is 10.1. The molecule has 1 aromatic carbocycles. The lowest BCUT2D eigenvalue weighted by Gasteiger charge is -2.08. The van der Waals surface area contributed by atoms with Crippen molar-refractivity contribution in [3.8, 4) is 0 Å². The molecule has 2 aromatic rings. The fourth-order valence-corrected chi connectivity index (χ4v) is 2.83. The van der Waals surface area contributed by atoms with E-state index in [1.807, 2.05) is 30.3 Å². The van der Waals surface area contributed by atoms with E-state index in [9.17, 15) is 0 Å². The normalized spacial score (nSPS) is 12.7. The van der Waals surface area contributed by atoms with E-state index < -0.39 is 0 Å². The van der Waals surface area contributed by atoms with E-state index in [4.69, 9.17) is 27.6 Å². The van der Waals surface area contributed by atoms with Crippen LogP contribution >= 0.6 is 39.1 Å². The summed E-state index contributed by atoms with van der Waals surface area (Å²) in [6.07, 6.45) is 2.41. The van der Waals surface area contributed by atoms with Gasteiger partial charge in [-0.25, -0.2) is 0 Å². The number of furan rings is 1. The van der Waals surface area contributed by atoms with Gasteiger partial charge in [0.2, 0.25) is 0 Å². The predicted octanol–water partition coefficient (Wildman–Crippen LogP) is 5.27. The lowest BCUT2D eigenvalue weighted by Crippen LogP contribution is -1.94. The summed E-state index contributed by atoms with van der Waals surface area (Å²) in [5.41, 5.74) is 2.12. The lowest BCUT2D eigenvalue weighted by molar-refractivity contribution is 0.565. The number of alkyl halides is 1. The molecule has 0 bridgehead atoms. The Morgan fingerprint density at radius 3 is 2.69 bits per heavy atom. The maximum atomic E-state index is 5.92. The number of rotatable bonds is 3. The van der Waals surface area contributed by atoms with Crippen molar-refractivity contribution in [1.29, 1.82) is 0 Å². The summed E-state index contributed by atoms with van der Waals surface area (Å²) in [6, 6.07) is 9.65. The zero-order valence-electron chi connectivity index (χ0n) is 8.29. The zero-order valence-corrected chi connectivity index (χ0v) is 11.4. The quantitative estimate of drug-likeness (QED) is 0.703. The average molecular weight is 320 g/mol. The molecule has 4 heteroatoms. The highest BCUT2D eigenvalue weighted by Gasteiger charge is 2.14. The molecule has 0 aliphatic carbocycles. The molecule has 0 aliphatic rings. The van der Waals surface area contributed by atoms with Gasteiger partial charge >= 0.3 is 0 Å². The molecule has 1 aromatic heterocycles. The highest BCUT2D eigenvalue weighted by Crippen LogP contribution is 2.33. The van der Waals surface area contributed by atoms with Gasteiger partial charge in [0.1, 0.15) is 0 Å². The van der Waals surface area contributed by atoms with Gasteiger partial charge < -0.3 is 4.42 Å². The first-order chi connectivity index (χ1) is 7.66. The number of halogens is 3. The summed E-state index contributed by atoms with van der Waals surface area (Å²) in [6.45, 7) is 0. The molecule has 0 aliphatic heterocycles. The van der Waals surface area contributed by atoms with Gasteiger partial charge in [0.25, 0.3) is 0 Å². The van der Waals surface area contributed by atoms with E-state index in [0.717, 1.165) is 22.6 Å². The van der Waals surface area contributed by atoms with E-state index in [1.165, 1.54) is 0 Å². The standard InChI is InChI=1S/C12H9BrCl2O/c13-11(10-4-5-16-12(10)15)7-8-2-1-3-9(14)6-8/h1-6,11H,7H2. The van der Waals surface area contributed by atoms with Crippen molar-refractivity contribution < 1.29 is 4.42 Å². The molecular formula is C12H9BrCl2O. The molecule has 0 saturated carbocycles. The van der Waals surface area contributed by atoms with Gasteiger partial charge in [-0.15, -0.1) is 0 Å². The molecular weight excluding hydrogens is 311 g/mol. The minimum Gasteiger partial charge on any atom is -0.453 e. The smallest absolute Gasteiger partial charge is 0.197 e. The van der Waals surface area contributed by atoms with Crippen LogP contribution in [0.1, 0.15) is 16.0 Å². The Bertz CT molecular complexity index is 481. The van der Waals surface area contributed by atoms with Crippen molar-refractivity contribution in [2.75, 3.05) is 0 Å². The van der Waals surface area contributed by atoms with Crippen molar-refractivity contribution in [2.24, 2.45) is 0 Å². The van der Waals surface area contributed by atoms with Crippen molar-refractivity contribution >= 4 is 39.1 Å². The molecule has 0 amide bonds. The van der Waals surface area contributed by atoms with Gasteiger partial charge in [-0.1, -0.05) is 39.7 Å². The van der Waals surface area contributed by atoms with Crippen LogP contribution in [0.25, 0.3) is 0 Å². The Labute approximate surface area is 112 Å². The van der Waals surface area contributed by atoms with E-state index in [0.29, 0.717) is 5.22 Å². The van der Waals surface area contributed by atoms with Crippen LogP contribution in [0.15, 0.2) is 41.0 Å². The third-order valence-corrected chi connectivity index (χ3v) is 3.65. The van der Waals surface area contributed by atoms with Gasteiger partial charge in [-0.3, -0.25) is 0 Å². The van der Waals surface area contributed by atoms with Crippen LogP contribution in [0.3, 0.4) is 0 Å². The number of hydrogen-bond donors (Lipinski definition) is 0. The van der Waals surface area contributed by atoms with Crippen LogP contribution in [0.4, 0.5) is 0 Å². The van der Waals surface area contributed by atoms with Crippen molar-refractivity contribution in [3.05, 3.63) is 58.0 Å². The van der Waals surface area contributed by atoms with E-state index >= 15 is 0 Å². The molecule has 1 nitrogen and oxygen atoms in total. The maximum absolute atomic E-state index is 5.92. The number of hydrogen-bond acceptors (Lipinski definition) is 1. The maximum Gasteiger partial charge on any atom is 0.197 e. The Balaban J connectivity index is 2.14. The van der Waals surface area contributed by atoms with Crippen LogP contribution < -0.4 is 0 Å². The first-order valence-electron chi connectivity index (χ1n) is 4.78. The highest BCUT2D eigenvalue weighted by molar-refractivity contribution is 9.09. The van der Waals surface area contributed by atoms with Crippen LogP contribution in [0.5, 0.6) is 0 Å². The van der Waals surface area contributed by atoms with Crippen molar-refractivity contribution in [3.63, 3.8) is 0 Å². The molecule has 16 heavy (non-hydrogen) atoms. The van der Waals surface area contributed by atoms with Gasteiger partial charge in [0.15, 0.2) is 5.22 Å².